The Bertz CT molecular complexity index is 1510. The van der Waals surface area contributed by atoms with E-state index in [1.165, 1.54) is 47.5 Å². The topological polar surface area (TPSA) is 176 Å². The monoisotopic (exact) mass is 698 g/mol. The van der Waals surface area contributed by atoms with Crippen LogP contribution >= 0.6 is 11.6 Å². The van der Waals surface area contributed by atoms with Gasteiger partial charge in [-0.15, -0.1) is 0 Å². The van der Waals surface area contributed by atoms with Crippen LogP contribution < -0.4 is 0 Å². The molecular formula is C32H47ClN4O11. The van der Waals surface area contributed by atoms with E-state index in [1.54, 1.807) is 4.57 Å². The zero-order chi connectivity index (χ0) is 33.6. The van der Waals surface area contributed by atoms with Gasteiger partial charge in [-0.25, -0.2) is 15.0 Å². The zero-order valence-electron chi connectivity index (χ0n) is 26.8. The molecule has 2 aliphatic carbocycles. The molecule has 2 unspecified atom stereocenters. The van der Waals surface area contributed by atoms with Crippen LogP contribution in [0.2, 0.25) is 5.15 Å². The van der Waals surface area contributed by atoms with E-state index in [2.05, 4.69) is 21.9 Å². The highest BCUT2D eigenvalue weighted by Gasteiger charge is 2.72. The summed E-state index contributed by atoms with van der Waals surface area (Å²) in [6, 6.07) is 0. The average Bonchev–Trinajstić information content (AvgIpc) is 3.76. The first-order chi connectivity index (χ1) is 21.8. The van der Waals surface area contributed by atoms with Crippen LogP contribution in [0.25, 0.3) is 11.2 Å². The number of nitrogens with zero attached hydrogens (tertiary/aromatic N) is 4. The second kappa shape index (κ2) is 15.0. The number of imidazole rings is 1. The molecule has 6 rings (SSSR count). The molecule has 4 heterocycles. The first kappa shape index (κ1) is 39.0. The van der Waals surface area contributed by atoms with E-state index in [9.17, 15) is 19.2 Å². The number of carbonyl (C=O) groups excluding carboxylic acids is 4. The number of fused-ring (bicyclic) bond motifs is 1. The quantitative estimate of drug-likeness (QED) is 0.216. The maximum Gasteiger partial charge on any atom is 0.303 e. The Morgan fingerprint density at radius 3 is 1.79 bits per heavy atom. The van der Waals surface area contributed by atoms with E-state index in [1.807, 2.05) is 6.92 Å². The summed E-state index contributed by atoms with van der Waals surface area (Å²) in [5.41, 5.74) is -0.374. The number of halogens is 1. The summed E-state index contributed by atoms with van der Waals surface area (Å²) in [6.07, 6.45) is 1.86. The van der Waals surface area contributed by atoms with Crippen molar-refractivity contribution in [3.8, 4) is 0 Å². The SMILES string of the molecule is C.C.CC[C@@H]1C[C@@]12O[C@@H](OC)C(OC(C)=O)[C@H]2OC(C)=O.CC[C@@H]1C[C@@]12O[C@@H](n1cnc3c(Cl)ncnc31)C(OC(C)=O)[C@H]2OC(C)=O. The molecule has 10 atom stereocenters. The largest absolute Gasteiger partial charge is 0.455 e. The van der Waals surface area contributed by atoms with Crippen LogP contribution in [0.3, 0.4) is 0 Å². The van der Waals surface area contributed by atoms with Crippen molar-refractivity contribution in [2.45, 2.75) is 130 Å². The maximum atomic E-state index is 11.8. The molecule has 2 aromatic rings. The van der Waals surface area contributed by atoms with E-state index >= 15 is 0 Å². The lowest BCUT2D eigenvalue weighted by molar-refractivity contribution is -0.181. The number of methoxy groups -OCH3 is 1. The number of rotatable bonds is 8. The minimum absolute atomic E-state index is 0. The van der Waals surface area contributed by atoms with Gasteiger partial charge in [-0.3, -0.25) is 23.7 Å². The fraction of sp³-hybridized carbons (Fsp3) is 0.719. The van der Waals surface area contributed by atoms with Crippen LogP contribution in [-0.4, -0.2) is 92.4 Å². The Hall–Kier alpha value is -3.40. The number of ether oxygens (including phenoxy) is 7. The molecule has 2 aromatic heterocycles. The lowest BCUT2D eigenvalue weighted by atomic mass is 10.1. The van der Waals surface area contributed by atoms with Gasteiger partial charge in [0.2, 0.25) is 0 Å². The first-order valence-electron chi connectivity index (χ1n) is 15.2. The predicted octanol–water partition coefficient (Wildman–Crippen LogP) is 4.33. The van der Waals surface area contributed by atoms with E-state index in [-0.39, 0.29) is 25.9 Å². The highest BCUT2D eigenvalue weighted by atomic mass is 35.5. The van der Waals surface area contributed by atoms with Crippen LogP contribution in [0.5, 0.6) is 0 Å². The van der Waals surface area contributed by atoms with E-state index in [4.69, 9.17) is 44.8 Å². The van der Waals surface area contributed by atoms with Crippen LogP contribution in [0.4, 0.5) is 0 Å². The first-order valence-corrected chi connectivity index (χ1v) is 15.6. The fourth-order valence-electron chi connectivity index (χ4n) is 6.89. The molecule has 0 N–H and O–H groups in total. The minimum Gasteiger partial charge on any atom is -0.455 e. The summed E-state index contributed by atoms with van der Waals surface area (Å²) in [6.45, 7) is 9.38. The van der Waals surface area contributed by atoms with Crippen molar-refractivity contribution in [3.63, 3.8) is 0 Å². The third-order valence-corrected chi connectivity index (χ3v) is 9.25. The molecule has 4 aliphatic rings. The molecule has 2 saturated heterocycles. The molecule has 2 saturated carbocycles. The molecule has 0 amide bonds. The van der Waals surface area contributed by atoms with Gasteiger partial charge in [0, 0.05) is 34.8 Å². The van der Waals surface area contributed by atoms with Gasteiger partial charge in [0.1, 0.15) is 23.0 Å². The number of esters is 4. The van der Waals surface area contributed by atoms with E-state index in [0.717, 1.165) is 25.7 Å². The smallest absolute Gasteiger partial charge is 0.303 e. The maximum absolute atomic E-state index is 11.8. The summed E-state index contributed by atoms with van der Waals surface area (Å²) < 4.78 is 40.8. The second-order valence-corrected chi connectivity index (χ2v) is 12.3. The number of hydrogen-bond donors (Lipinski definition) is 0. The van der Waals surface area contributed by atoms with E-state index < -0.39 is 72.0 Å². The van der Waals surface area contributed by atoms with Gasteiger partial charge in [-0.05, 0) is 24.7 Å². The van der Waals surface area contributed by atoms with Gasteiger partial charge in [-0.2, -0.15) is 0 Å². The van der Waals surface area contributed by atoms with Gasteiger partial charge >= 0.3 is 23.9 Å². The molecule has 0 bridgehead atoms. The average molecular weight is 699 g/mol. The number of hydrogen-bond acceptors (Lipinski definition) is 14. The fourth-order valence-corrected chi connectivity index (χ4v) is 7.07. The Balaban J connectivity index is 0.000000265. The third-order valence-electron chi connectivity index (χ3n) is 8.97. The van der Waals surface area contributed by atoms with Gasteiger partial charge in [0.15, 0.2) is 47.7 Å². The van der Waals surface area contributed by atoms with Crippen LogP contribution in [0.1, 0.15) is 88.3 Å². The summed E-state index contributed by atoms with van der Waals surface area (Å²) in [4.78, 5) is 58.3. The third kappa shape index (κ3) is 7.14. The molecule has 2 spiro atoms. The summed E-state index contributed by atoms with van der Waals surface area (Å²) in [7, 11) is 1.48. The Labute approximate surface area is 285 Å². The minimum atomic E-state index is -0.825. The summed E-state index contributed by atoms with van der Waals surface area (Å²) >= 11 is 6.09. The highest BCUT2D eigenvalue weighted by molar-refractivity contribution is 6.33. The molecule has 268 valence electrons. The van der Waals surface area contributed by atoms with Crippen molar-refractivity contribution in [2.24, 2.45) is 11.8 Å². The summed E-state index contributed by atoms with van der Waals surface area (Å²) in [5, 5.41) is 0.213. The number of carbonyl (C=O) groups is 4. The molecule has 2 aliphatic heterocycles. The normalized spacial score (nSPS) is 33.9. The predicted molar refractivity (Wildman–Crippen MR) is 170 cm³/mol. The van der Waals surface area contributed by atoms with E-state index in [0.29, 0.717) is 17.1 Å². The van der Waals surface area contributed by atoms with Crippen LogP contribution in [-0.2, 0) is 52.3 Å². The number of aromatic nitrogens is 4. The zero-order valence-corrected chi connectivity index (χ0v) is 27.5. The van der Waals surface area contributed by atoms with Crippen molar-refractivity contribution in [3.05, 3.63) is 17.8 Å². The molecule has 16 heteroatoms. The second-order valence-electron chi connectivity index (χ2n) is 12.0. The lowest BCUT2D eigenvalue weighted by Gasteiger charge is -2.24. The molecular weight excluding hydrogens is 652 g/mol. The Morgan fingerprint density at radius 1 is 0.812 bits per heavy atom. The van der Waals surface area contributed by atoms with Gasteiger partial charge in [-0.1, -0.05) is 53.1 Å². The molecule has 15 nitrogen and oxygen atoms in total. The highest BCUT2D eigenvalue weighted by Crippen LogP contribution is 2.61. The molecule has 4 fully saturated rings. The summed E-state index contributed by atoms with van der Waals surface area (Å²) in [5.74, 6) is -1.30. The standard InChI is InChI=1S/C17H19ClN4O5.C13H20O6.2CH4/c1-4-10-5-17(10)13(26-9(3)24)12(25-8(2)23)16(27-17)22-7-21-11-14(18)19-6-20-15(11)22;1-5-9-6-13(9)11(18-8(3)15)10(17-7(2)14)12(16-4)19-13;;/h6-7,10,12-13,16H,4-5H2,1-3H3;9-12H,5-6H2,1-4H3;2*1H4/t10-,12?,13-,16-,17-;9-,10?,11-,12-,13-;;/m11../s1. The van der Waals surface area contributed by atoms with Crippen molar-refractivity contribution >= 4 is 46.6 Å². The van der Waals surface area contributed by atoms with Gasteiger partial charge in [0.05, 0.1) is 6.33 Å². The molecule has 0 radical (unpaired) electrons. The van der Waals surface area contributed by atoms with Gasteiger partial charge in [0.25, 0.3) is 0 Å². The van der Waals surface area contributed by atoms with Crippen molar-refractivity contribution in [1.29, 1.82) is 0 Å². The van der Waals surface area contributed by atoms with Crippen molar-refractivity contribution < 1.29 is 52.3 Å². The van der Waals surface area contributed by atoms with Crippen LogP contribution in [0.15, 0.2) is 12.7 Å². The Morgan fingerprint density at radius 2 is 1.31 bits per heavy atom. The van der Waals surface area contributed by atoms with Crippen LogP contribution in [0, 0.1) is 11.8 Å². The van der Waals surface area contributed by atoms with Crippen molar-refractivity contribution in [1.82, 2.24) is 19.5 Å². The van der Waals surface area contributed by atoms with Gasteiger partial charge < -0.3 is 33.2 Å². The molecule has 48 heavy (non-hydrogen) atoms. The van der Waals surface area contributed by atoms with Crippen molar-refractivity contribution in [2.75, 3.05) is 7.11 Å². The lowest BCUT2D eigenvalue weighted by Crippen LogP contribution is -2.41. The molecule has 0 aromatic carbocycles. The Kier molecular flexibility index (Phi) is 12.2.